The zero-order valence-corrected chi connectivity index (χ0v) is 10.2. The molecule has 1 fully saturated rings. The third kappa shape index (κ3) is 4.58. The molecule has 1 amide bonds. The SMILES string of the molecule is NC(N)=NCCC[C@H](N)C(=O)OC(=O)N1CCC1. The first kappa shape index (κ1) is 14.2. The van der Waals surface area contributed by atoms with Crippen LogP contribution in [0, 0.1) is 0 Å². The van der Waals surface area contributed by atoms with Crippen LogP contribution in [0.3, 0.4) is 0 Å². The van der Waals surface area contributed by atoms with Crippen LogP contribution in [0.5, 0.6) is 0 Å². The molecule has 0 saturated carbocycles. The number of nitrogens with zero attached hydrogens (tertiary/aromatic N) is 2. The predicted octanol–water partition coefficient (Wildman–Crippen LogP) is -1.26. The molecular weight excluding hydrogens is 238 g/mol. The zero-order valence-electron chi connectivity index (χ0n) is 10.2. The van der Waals surface area contributed by atoms with E-state index in [4.69, 9.17) is 17.2 Å². The maximum Gasteiger partial charge on any atom is 0.417 e. The lowest BCUT2D eigenvalue weighted by Crippen LogP contribution is -2.45. The maximum atomic E-state index is 11.4. The minimum atomic E-state index is -0.829. The van der Waals surface area contributed by atoms with Crippen LogP contribution >= 0.6 is 0 Å². The van der Waals surface area contributed by atoms with Crippen LogP contribution in [0.4, 0.5) is 4.79 Å². The molecule has 8 heteroatoms. The Morgan fingerprint density at radius 3 is 2.50 bits per heavy atom. The van der Waals surface area contributed by atoms with E-state index >= 15 is 0 Å². The number of carbonyl (C=O) groups is 2. The van der Waals surface area contributed by atoms with Gasteiger partial charge in [-0.3, -0.25) is 4.99 Å². The summed E-state index contributed by atoms with van der Waals surface area (Å²) in [4.78, 5) is 28.0. The molecule has 102 valence electrons. The lowest BCUT2D eigenvalue weighted by Gasteiger charge is -2.29. The molecule has 0 aromatic rings. The van der Waals surface area contributed by atoms with Crippen LogP contribution in [-0.2, 0) is 9.53 Å². The van der Waals surface area contributed by atoms with Crippen molar-refractivity contribution in [3.05, 3.63) is 0 Å². The van der Waals surface area contributed by atoms with Gasteiger partial charge in [0.05, 0.1) is 0 Å². The van der Waals surface area contributed by atoms with Crippen molar-refractivity contribution in [3.63, 3.8) is 0 Å². The Hall–Kier alpha value is -1.83. The minimum absolute atomic E-state index is 0.000825. The largest absolute Gasteiger partial charge is 0.417 e. The lowest BCUT2D eigenvalue weighted by atomic mass is 10.2. The number of amides is 1. The molecule has 0 aromatic heterocycles. The first-order chi connectivity index (χ1) is 8.50. The van der Waals surface area contributed by atoms with Crippen LogP contribution in [-0.4, -0.2) is 48.6 Å². The molecule has 1 atom stereocenters. The normalized spacial score (nSPS) is 15.5. The second kappa shape index (κ2) is 6.80. The van der Waals surface area contributed by atoms with E-state index < -0.39 is 18.1 Å². The summed E-state index contributed by atoms with van der Waals surface area (Å²) in [7, 11) is 0. The molecule has 0 radical (unpaired) electrons. The van der Waals surface area contributed by atoms with Crippen LogP contribution < -0.4 is 17.2 Å². The molecule has 1 heterocycles. The van der Waals surface area contributed by atoms with Crippen molar-refractivity contribution in [2.75, 3.05) is 19.6 Å². The van der Waals surface area contributed by atoms with Gasteiger partial charge in [0.25, 0.3) is 0 Å². The van der Waals surface area contributed by atoms with E-state index in [0.29, 0.717) is 32.5 Å². The van der Waals surface area contributed by atoms with Crippen LogP contribution in [0.2, 0.25) is 0 Å². The average molecular weight is 257 g/mol. The summed E-state index contributed by atoms with van der Waals surface area (Å²) in [5.74, 6) is -0.712. The van der Waals surface area contributed by atoms with Crippen LogP contribution in [0.1, 0.15) is 19.3 Å². The van der Waals surface area contributed by atoms with E-state index in [1.54, 1.807) is 0 Å². The van der Waals surface area contributed by atoms with Crippen LogP contribution in [0.25, 0.3) is 0 Å². The van der Waals surface area contributed by atoms with Crippen molar-refractivity contribution in [1.82, 2.24) is 4.90 Å². The summed E-state index contributed by atoms with van der Waals surface area (Å²) in [6, 6.07) is -0.829. The lowest BCUT2D eigenvalue weighted by molar-refractivity contribution is -0.140. The third-order valence-corrected chi connectivity index (χ3v) is 2.57. The number of guanidine groups is 1. The van der Waals surface area contributed by atoms with Gasteiger partial charge in [0.1, 0.15) is 6.04 Å². The van der Waals surface area contributed by atoms with Crippen molar-refractivity contribution in [3.8, 4) is 0 Å². The number of likely N-dealkylation sites (tertiary alicyclic amines) is 1. The van der Waals surface area contributed by atoms with E-state index in [2.05, 4.69) is 9.73 Å². The Morgan fingerprint density at radius 1 is 1.33 bits per heavy atom. The summed E-state index contributed by atoms with van der Waals surface area (Å²) < 4.78 is 4.63. The monoisotopic (exact) mass is 257 g/mol. The van der Waals surface area contributed by atoms with Gasteiger partial charge in [-0.1, -0.05) is 0 Å². The smallest absolute Gasteiger partial charge is 0.375 e. The highest BCUT2D eigenvalue weighted by Crippen LogP contribution is 2.08. The Balaban J connectivity index is 2.19. The van der Waals surface area contributed by atoms with E-state index in [0.717, 1.165) is 6.42 Å². The van der Waals surface area contributed by atoms with Gasteiger partial charge in [0, 0.05) is 19.6 Å². The predicted molar refractivity (Wildman–Crippen MR) is 65.6 cm³/mol. The Labute approximate surface area is 105 Å². The first-order valence-corrected chi connectivity index (χ1v) is 5.82. The average Bonchev–Trinajstić information content (AvgIpc) is 2.20. The standard InChI is InChI=1S/C10H19N5O3/c11-7(3-1-4-14-9(12)13)8(16)18-10(17)15-5-2-6-15/h7H,1-6,11H2,(H4,12,13,14)/t7-/m0/s1. The van der Waals surface area contributed by atoms with Gasteiger partial charge >= 0.3 is 12.1 Å². The number of nitrogens with two attached hydrogens (primary N) is 3. The fourth-order valence-corrected chi connectivity index (χ4v) is 1.36. The highest BCUT2D eigenvalue weighted by Gasteiger charge is 2.26. The van der Waals surface area contributed by atoms with E-state index in [1.165, 1.54) is 4.90 Å². The summed E-state index contributed by atoms with van der Waals surface area (Å²) in [6.07, 6.45) is 1.23. The van der Waals surface area contributed by atoms with Crippen molar-refractivity contribution in [2.24, 2.45) is 22.2 Å². The van der Waals surface area contributed by atoms with Gasteiger partial charge < -0.3 is 26.8 Å². The fraction of sp³-hybridized carbons (Fsp3) is 0.700. The van der Waals surface area contributed by atoms with Crippen molar-refractivity contribution in [1.29, 1.82) is 0 Å². The highest BCUT2D eigenvalue weighted by molar-refractivity contribution is 5.87. The number of ether oxygens (including phenoxy) is 1. The molecule has 1 saturated heterocycles. The Morgan fingerprint density at radius 2 is 2.00 bits per heavy atom. The molecule has 18 heavy (non-hydrogen) atoms. The third-order valence-electron chi connectivity index (χ3n) is 2.57. The summed E-state index contributed by atoms with van der Waals surface area (Å²) >= 11 is 0. The summed E-state index contributed by atoms with van der Waals surface area (Å²) in [5.41, 5.74) is 15.9. The number of esters is 1. The number of carbonyl (C=O) groups excluding carboxylic acids is 2. The molecule has 0 aliphatic carbocycles. The number of hydrogen-bond acceptors (Lipinski definition) is 5. The van der Waals surface area contributed by atoms with Gasteiger partial charge in [-0.05, 0) is 19.3 Å². The van der Waals surface area contributed by atoms with Crippen molar-refractivity contribution in [2.45, 2.75) is 25.3 Å². The van der Waals surface area contributed by atoms with Gasteiger partial charge in [-0.15, -0.1) is 0 Å². The topological polar surface area (TPSA) is 137 Å². The number of rotatable bonds is 5. The maximum absolute atomic E-state index is 11.4. The zero-order chi connectivity index (χ0) is 13.5. The Kier molecular flexibility index (Phi) is 5.37. The van der Waals surface area contributed by atoms with Gasteiger partial charge in [0.15, 0.2) is 5.96 Å². The number of aliphatic imine (C=N–C) groups is 1. The fourth-order valence-electron chi connectivity index (χ4n) is 1.36. The molecule has 8 nitrogen and oxygen atoms in total. The van der Waals surface area contributed by atoms with Crippen molar-refractivity contribution < 1.29 is 14.3 Å². The quantitative estimate of drug-likeness (QED) is 0.185. The highest BCUT2D eigenvalue weighted by atomic mass is 16.6. The first-order valence-electron chi connectivity index (χ1n) is 5.82. The Bertz CT molecular complexity index is 336. The summed E-state index contributed by atoms with van der Waals surface area (Å²) in [6.45, 7) is 1.65. The molecule has 1 aliphatic rings. The minimum Gasteiger partial charge on any atom is -0.375 e. The van der Waals surface area contributed by atoms with Gasteiger partial charge in [0.2, 0.25) is 0 Å². The van der Waals surface area contributed by atoms with Crippen LogP contribution in [0.15, 0.2) is 4.99 Å². The molecule has 1 rings (SSSR count). The van der Waals surface area contributed by atoms with Gasteiger partial charge in [-0.2, -0.15) is 0 Å². The molecular formula is C10H19N5O3. The molecule has 0 unspecified atom stereocenters. The number of hydrogen-bond donors (Lipinski definition) is 3. The molecule has 0 aromatic carbocycles. The van der Waals surface area contributed by atoms with E-state index in [9.17, 15) is 9.59 Å². The summed E-state index contributed by atoms with van der Waals surface area (Å²) in [5, 5.41) is 0. The molecule has 0 spiro atoms. The molecule has 1 aliphatic heterocycles. The molecule has 0 bridgehead atoms. The van der Waals surface area contributed by atoms with Gasteiger partial charge in [-0.25, -0.2) is 9.59 Å². The second-order valence-corrected chi connectivity index (χ2v) is 4.08. The van der Waals surface area contributed by atoms with Crippen molar-refractivity contribution >= 4 is 18.0 Å². The van der Waals surface area contributed by atoms with E-state index in [1.807, 2.05) is 0 Å². The molecule has 6 N–H and O–H groups in total. The van der Waals surface area contributed by atoms with E-state index in [-0.39, 0.29) is 5.96 Å². The second-order valence-electron chi connectivity index (χ2n) is 4.08.